The minimum absolute atomic E-state index is 0.0989. The molecule has 0 aromatic heterocycles. The second-order valence-corrected chi connectivity index (χ2v) is 5.99. The van der Waals surface area contributed by atoms with E-state index >= 15 is 0 Å². The molecule has 0 unspecified atom stereocenters. The Balaban J connectivity index is 1.81. The van der Waals surface area contributed by atoms with Gasteiger partial charge in [-0.2, -0.15) is 5.10 Å². The highest BCUT2D eigenvalue weighted by Crippen LogP contribution is 2.19. The van der Waals surface area contributed by atoms with Gasteiger partial charge in [-0.15, -0.1) is 0 Å². The molecule has 1 fully saturated rings. The van der Waals surface area contributed by atoms with Crippen LogP contribution >= 0.6 is 23.2 Å². The summed E-state index contributed by atoms with van der Waals surface area (Å²) in [5.74, 6) is -0.0989. The maximum Gasteiger partial charge on any atom is 0.254 e. The van der Waals surface area contributed by atoms with E-state index in [1.54, 1.807) is 18.2 Å². The Morgan fingerprint density at radius 1 is 1.24 bits per heavy atom. The zero-order valence-corrected chi connectivity index (χ0v) is 13.3. The first-order valence-corrected chi connectivity index (χ1v) is 7.90. The third-order valence-electron chi connectivity index (χ3n) is 3.42. The zero-order chi connectivity index (χ0) is 15.1. The molecule has 0 saturated carbocycles. The minimum atomic E-state index is -0.0989. The van der Waals surface area contributed by atoms with Crippen LogP contribution in [0.2, 0.25) is 10.0 Å². The van der Waals surface area contributed by atoms with Crippen LogP contribution in [0.25, 0.3) is 0 Å². The van der Waals surface area contributed by atoms with E-state index in [0.717, 1.165) is 31.5 Å². The van der Waals surface area contributed by atoms with Crippen LogP contribution in [-0.4, -0.2) is 36.7 Å². The summed E-state index contributed by atoms with van der Waals surface area (Å²) in [5.41, 5.74) is 3.26. The van der Waals surface area contributed by atoms with Gasteiger partial charge in [-0.25, -0.2) is 5.43 Å². The fraction of sp³-hybridized carbons (Fsp3) is 0.467. The van der Waals surface area contributed by atoms with Crippen molar-refractivity contribution in [3.63, 3.8) is 0 Å². The number of halogens is 2. The number of benzene rings is 1. The monoisotopic (exact) mass is 327 g/mol. The van der Waals surface area contributed by atoms with Crippen LogP contribution in [0, 0.1) is 0 Å². The molecule has 114 valence electrons. The summed E-state index contributed by atoms with van der Waals surface area (Å²) in [5, 5.41) is 5.02. The molecule has 6 heteroatoms. The van der Waals surface area contributed by atoms with Crippen molar-refractivity contribution >= 4 is 35.3 Å². The number of rotatable bonds is 4. The molecule has 0 bridgehead atoms. The molecule has 1 aliphatic heterocycles. The van der Waals surface area contributed by atoms with Gasteiger partial charge in [-0.05, 0) is 38.1 Å². The molecule has 1 aromatic rings. The van der Waals surface area contributed by atoms with E-state index in [-0.39, 0.29) is 5.91 Å². The van der Waals surface area contributed by atoms with E-state index in [4.69, 9.17) is 23.2 Å². The molecule has 1 aromatic carbocycles. The summed E-state index contributed by atoms with van der Waals surface area (Å²) in [6.45, 7) is 2.37. The molecule has 1 amide bonds. The predicted molar refractivity (Wildman–Crippen MR) is 87.1 cm³/mol. The maximum absolute atomic E-state index is 11.8. The molecular formula is C15H19Cl2N3O. The van der Waals surface area contributed by atoms with Gasteiger partial charge in [0.05, 0.1) is 17.8 Å². The summed E-state index contributed by atoms with van der Waals surface area (Å²) in [7, 11) is 0. The highest BCUT2D eigenvalue weighted by molar-refractivity contribution is 6.36. The van der Waals surface area contributed by atoms with E-state index in [1.807, 2.05) is 0 Å². The van der Waals surface area contributed by atoms with Crippen molar-refractivity contribution in [1.29, 1.82) is 0 Å². The van der Waals surface area contributed by atoms with E-state index in [0.29, 0.717) is 16.6 Å². The van der Waals surface area contributed by atoms with Gasteiger partial charge in [0, 0.05) is 10.6 Å². The second kappa shape index (κ2) is 8.37. The molecule has 1 N–H and O–H groups in total. The van der Waals surface area contributed by atoms with Crippen molar-refractivity contribution in [2.75, 3.05) is 19.6 Å². The number of hydrazone groups is 1. The smallest absolute Gasteiger partial charge is 0.254 e. The third-order valence-corrected chi connectivity index (χ3v) is 3.98. The summed E-state index contributed by atoms with van der Waals surface area (Å²) in [6, 6.07) is 5.13. The maximum atomic E-state index is 11.8. The molecular weight excluding hydrogens is 309 g/mol. The quantitative estimate of drug-likeness (QED) is 0.681. The average molecular weight is 328 g/mol. The van der Waals surface area contributed by atoms with E-state index in [2.05, 4.69) is 15.4 Å². The van der Waals surface area contributed by atoms with Crippen LogP contribution in [0.3, 0.4) is 0 Å². The molecule has 1 saturated heterocycles. The van der Waals surface area contributed by atoms with E-state index < -0.39 is 0 Å². The first-order valence-electron chi connectivity index (χ1n) is 7.14. The van der Waals surface area contributed by atoms with Crippen molar-refractivity contribution in [2.45, 2.75) is 25.7 Å². The SMILES string of the molecule is O=C(CN1CCCCCC1)NN=Cc1ccc(Cl)cc1Cl. The first-order chi connectivity index (χ1) is 10.1. The topological polar surface area (TPSA) is 44.7 Å². The predicted octanol–water partition coefficient (Wildman–Crippen LogP) is 3.32. The lowest BCUT2D eigenvalue weighted by Crippen LogP contribution is -2.35. The number of likely N-dealkylation sites (tertiary alicyclic amines) is 1. The van der Waals surface area contributed by atoms with E-state index in [1.165, 1.54) is 19.1 Å². The van der Waals surface area contributed by atoms with Crippen LogP contribution in [0.15, 0.2) is 23.3 Å². The van der Waals surface area contributed by atoms with Gasteiger partial charge in [0.15, 0.2) is 0 Å². The highest BCUT2D eigenvalue weighted by Gasteiger charge is 2.12. The van der Waals surface area contributed by atoms with Gasteiger partial charge in [-0.3, -0.25) is 9.69 Å². The number of amides is 1. The Kier molecular flexibility index (Phi) is 6.49. The van der Waals surface area contributed by atoms with Gasteiger partial charge in [0.2, 0.25) is 0 Å². The van der Waals surface area contributed by atoms with Gasteiger partial charge >= 0.3 is 0 Å². The zero-order valence-electron chi connectivity index (χ0n) is 11.8. The van der Waals surface area contributed by atoms with Crippen LogP contribution in [0.4, 0.5) is 0 Å². The molecule has 0 aliphatic carbocycles. The third kappa shape index (κ3) is 5.65. The highest BCUT2D eigenvalue weighted by atomic mass is 35.5. The Morgan fingerprint density at radius 3 is 2.62 bits per heavy atom. The molecule has 2 rings (SSSR count). The fourth-order valence-electron chi connectivity index (χ4n) is 2.31. The number of carbonyl (C=O) groups excluding carboxylic acids is 1. The van der Waals surface area contributed by atoms with Crippen LogP contribution in [0.5, 0.6) is 0 Å². The standard InChI is InChI=1S/C15H19Cl2N3O/c16-13-6-5-12(14(17)9-13)10-18-19-15(21)11-20-7-3-1-2-4-8-20/h5-6,9-10H,1-4,7-8,11H2,(H,19,21). The summed E-state index contributed by atoms with van der Waals surface area (Å²) >= 11 is 11.8. The molecule has 0 radical (unpaired) electrons. The molecule has 0 atom stereocenters. The molecule has 0 spiro atoms. The van der Waals surface area contributed by atoms with Crippen LogP contribution in [-0.2, 0) is 4.79 Å². The second-order valence-electron chi connectivity index (χ2n) is 5.15. The molecule has 21 heavy (non-hydrogen) atoms. The normalized spacial score (nSPS) is 16.9. The van der Waals surface area contributed by atoms with Gasteiger partial charge in [-0.1, -0.05) is 42.1 Å². The van der Waals surface area contributed by atoms with E-state index in [9.17, 15) is 4.79 Å². The fourth-order valence-corrected chi connectivity index (χ4v) is 2.77. The first kappa shape index (κ1) is 16.3. The summed E-state index contributed by atoms with van der Waals surface area (Å²) in [4.78, 5) is 14.0. The van der Waals surface area contributed by atoms with Crippen molar-refractivity contribution in [3.05, 3.63) is 33.8 Å². The van der Waals surface area contributed by atoms with Gasteiger partial charge < -0.3 is 0 Å². The summed E-state index contributed by atoms with van der Waals surface area (Å²) in [6.07, 6.45) is 6.36. The minimum Gasteiger partial charge on any atom is -0.294 e. The Labute approximate surface area is 135 Å². The van der Waals surface area contributed by atoms with Crippen molar-refractivity contribution < 1.29 is 4.79 Å². The van der Waals surface area contributed by atoms with Crippen LogP contribution in [0.1, 0.15) is 31.2 Å². The average Bonchev–Trinajstić information content (AvgIpc) is 2.70. The Hall–Kier alpha value is -1.10. The van der Waals surface area contributed by atoms with Crippen molar-refractivity contribution in [2.24, 2.45) is 5.10 Å². The largest absolute Gasteiger partial charge is 0.294 e. The number of hydrogen-bond acceptors (Lipinski definition) is 3. The molecule has 1 aliphatic rings. The number of hydrogen-bond donors (Lipinski definition) is 1. The summed E-state index contributed by atoms with van der Waals surface area (Å²) < 4.78 is 0. The number of nitrogens with one attached hydrogen (secondary N) is 1. The van der Waals surface area contributed by atoms with Crippen molar-refractivity contribution in [3.8, 4) is 0 Å². The van der Waals surface area contributed by atoms with Crippen molar-refractivity contribution in [1.82, 2.24) is 10.3 Å². The lowest BCUT2D eigenvalue weighted by molar-refractivity contribution is -0.122. The molecule has 4 nitrogen and oxygen atoms in total. The van der Waals surface area contributed by atoms with Gasteiger partial charge in [0.1, 0.15) is 0 Å². The molecule has 1 heterocycles. The van der Waals surface area contributed by atoms with Crippen LogP contribution < -0.4 is 5.43 Å². The Bertz CT molecular complexity index is 512. The number of carbonyl (C=O) groups is 1. The lowest BCUT2D eigenvalue weighted by atomic mass is 10.2. The Morgan fingerprint density at radius 2 is 1.95 bits per heavy atom. The van der Waals surface area contributed by atoms with Gasteiger partial charge in [0.25, 0.3) is 5.91 Å². The number of nitrogens with zero attached hydrogens (tertiary/aromatic N) is 2. The lowest BCUT2D eigenvalue weighted by Gasteiger charge is -2.17.